The van der Waals surface area contributed by atoms with Crippen molar-refractivity contribution in [2.45, 2.75) is 45.3 Å². The fraction of sp³-hybridized carbons (Fsp3) is 0.438. The maximum absolute atomic E-state index is 11.8. The Morgan fingerprint density at radius 3 is 2.65 bits per heavy atom. The third kappa shape index (κ3) is 4.98. The summed E-state index contributed by atoms with van der Waals surface area (Å²) in [6.07, 6.45) is 0.165. The third-order valence-electron chi connectivity index (χ3n) is 3.14. The van der Waals surface area contributed by atoms with E-state index < -0.39 is 23.6 Å². The highest BCUT2D eigenvalue weighted by Gasteiger charge is 2.22. The first-order valence-corrected chi connectivity index (χ1v) is 7.47. The van der Waals surface area contributed by atoms with Crippen LogP contribution in [-0.4, -0.2) is 33.6 Å². The third-order valence-corrected chi connectivity index (χ3v) is 3.14. The number of carbonyl (C=O) groups excluding carboxylic acids is 2. The van der Waals surface area contributed by atoms with Crippen LogP contribution in [-0.2, 0) is 16.0 Å². The molecule has 0 radical (unpaired) electrons. The summed E-state index contributed by atoms with van der Waals surface area (Å²) >= 11 is 0. The van der Waals surface area contributed by atoms with Gasteiger partial charge in [0.05, 0.1) is 11.0 Å². The van der Waals surface area contributed by atoms with Gasteiger partial charge in [-0.25, -0.2) is 9.78 Å². The number of aryl methyl sites for hydroxylation is 1. The zero-order valence-corrected chi connectivity index (χ0v) is 13.6. The van der Waals surface area contributed by atoms with E-state index in [1.54, 1.807) is 20.8 Å². The number of benzene rings is 1. The molecule has 0 spiro atoms. The van der Waals surface area contributed by atoms with Gasteiger partial charge in [0.1, 0.15) is 17.5 Å². The van der Waals surface area contributed by atoms with Gasteiger partial charge >= 0.3 is 6.09 Å². The largest absolute Gasteiger partial charge is 0.444 e. The monoisotopic (exact) mass is 318 g/mol. The zero-order valence-electron chi connectivity index (χ0n) is 13.6. The van der Waals surface area contributed by atoms with E-state index in [1.165, 1.54) is 0 Å². The van der Waals surface area contributed by atoms with E-state index in [0.29, 0.717) is 12.8 Å². The molecule has 0 aliphatic heterocycles. The molecular formula is C16H22N4O3. The molecule has 4 N–H and O–H groups in total. The summed E-state index contributed by atoms with van der Waals surface area (Å²) in [5, 5.41) is 2.50. The molecule has 7 nitrogen and oxygen atoms in total. The van der Waals surface area contributed by atoms with Crippen molar-refractivity contribution in [3.05, 3.63) is 30.1 Å². The van der Waals surface area contributed by atoms with Crippen LogP contribution in [0, 0.1) is 0 Å². The van der Waals surface area contributed by atoms with Gasteiger partial charge in [0.25, 0.3) is 0 Å². The molecule has 0 saturated carbocycles. The minimum absolute atomic E-state index is 0.342. The molecule has 2 aromatic rings. The van der Waals surface area contributed by atoms with Gasteiger partial charge in [-0.3, -0.25) is 4.79 Å². The fourth-order valence-electron chi connectivity index (χ4n) is 2.14. The second-order valence-electron chi connectivity index (χ2n) is 6.34. The first kappa shape index (κ1) is 16.8. The molecule has 2 rings (SSSR count). The van der Waals surface area contributed by atoms with E-state index >= 15 is 0 Å². The summed E-state index contributed by atoms with van der Waals surface area (Å²) in [4.78, 5) is 30.9. The van der Waals surface area contributed by atoms with Gasteiger partial charge in [-0.05, 0) is 39.3 Å². The highest BCUT2D eigenvalue weighted by atomic mass is 16.6. The quantitative estimate of drug-likeness (QED) is 0.781. The molecule has 124 valence electrons. The van der Waals surface area contributed by atoms with Gasteiger partial charge in [-0.1, -0.05) is 12.1 Å². The molecule has 0 bridgehead atoms. The highest BCUT2D eigenvalue weighted by molar-refractivity contribution is 5.84. The van der Waals surface area contributed by atoms with E-state index in [-0.39, 0.29) is 0 Å². The number of aromatic amines is 1. The number of nitrogens with two attached hydrogens (primary N) is 1. The van der Waals surface area contributed by atoms with Crippen LogP contribution in [0.4, 0.5) is 4.79 Å². The van der Waals surface area contributed by atoms with Crippen LogP contribution in [0.2, 0.25) is 0 Å². The number of amides is 2. The van der Waals surface area contributed by atoms with Crippen molar-refractivity contribution in [1.82, 2.24) is 15.3 Å². The summed E-state index contributed by atoms with van der Waals surface area (Å²) in [5.74, 6) is 0.135. The summed E-state index contributed by atoms with van der Waals surface area (Å²) in [6.45, 7) is 5.25. The van der Waals surface area contributed by atoms with Crippen molar-refractivity contribution in [2.75, 3.05) is 0 Å². The van der Waals surface area contributed by atoms with Gasteiger partial charge in [0.15, 0.2) is 0 Å². The minimum Gasteiger partial charge on any atom is -0.444 e. The van der Waals surface area contributed by atoms with Crippen molar-refractivity contribution in [3.63, 3.8) is 0 Å². The summed E-state index contributed by atoms with van der Waals surface area (Å²) in [6, 6.07) is 6.85. The lowest BCUT2D eigenvalue weighted by atomic mass is 10.1. The Kier molecular flexibility index (Phi) is 4.88. The SMILES string of the molecule is CC(C)(C)OC(=O)N[C@@H](CCc1nc2ccccc2[nH]1)C(N)=O. The molecule has 0 saturated heterocycles. The molecule has 1 heterocycles. The predicted molar refractivity (Wildman–Crippen MR) is 86.8 cm³/mol. The Labute approximate surface area is 134 Å². The first-order valence-electron chi connectivity index (χ1n) is 7.47. The lowest BCUT2D eigenvalue weighted by Gasteiger charge is -2.22. The number of H-pyrrole nitrogens is 1. The number of imidazole rings is 1. The molecule has 2 amide bonds. The summed E-state index contributed by atoms with van der Waals surface area (Å²) < 4.78 is 5.14. The van der Waals surface area contributed by atoms with Crippen LogP contribution in [0.5, 0.6) is 0 Å². The summed E-state index contributed by atoms with van der Waals surface area (Å²) in [5.41, 5.74) is 6.50. The van der Waals surface area contributed by atoms with Crippen molar-refractivity contribution in [3.8, 4) is 0 Å². The van der Waals surface area contributed by atoms with Crippen molar-refractivity contribution in [1.29, 1.82) is 0 Å². The Morgan fingerprint density at radius 2 is 2.04 bits per heavy atom. The van der Waals surface area contributed by atoms with E-state index in [2.05, 4.69) is 15.3 Å². The number of fused-ring (bicyclic) bond motifs is 1. The van der Waals surface area contributed by atoms with E-state index in [9.17, 15) is 9.59 Å². The Morgan fingerprint density at radius 1 is 1.35 bits per heavy atom. The number of nitrogens with zero attached hydrogens (tertiary/aromatic N) is 1. The van der Waals surface area contributed by atoms with E-state index in [1.807, 2.05) is 24.3 Å². The second kappa shape index (κ2) is 6.68. The number of hydrogen-bond donors (Lipinski definition) is 3. The van der Waals surface area contributed by atoms with Crippen molar-refractivity contribution in [2.24, 2.45) is 5.73 Å². The molecule has 0 unspecified atom stereocenters. The molecule has 7 heteroatoms. The molecule has 0 aliphatic rings. The van der Waals surface area contributed by atoms with Crippen LogP contribution in [0.15, 0.2) is 24.3 Å². The van der Waals surface area contributed by atoms with Crippen molar-refractivity contribution >= 4 is 23.0 Å². The normalized spacial score (nSPS) is 12.8. The number of para-hydroxylation sites is 2. The maximum Gasteiger partial charge on any atom is 0.408 e. The number of rotatable bonds is 5. The highest BCUT2D eigenvalue weighted by Crippen LogP contribution is 2.12. The molecule has 1 aromatic heterocycles. The second-order valence-corrected chi connectivity index (χ2v) is 6.34. The molecule has 1 atom stereocenters. The maximum atomic E-state index is 11.8. The number of alkyl carbamates (subject to hydrolysis) is 1. The van der Waals surface area contributed by atoms with Crippen LogP contribution < -0.4 is 11.1 Å². The lowest BCUT2D eigenvalue weighted by Crippen LogP contribution is -2.46. The average molecular weight is 318 g/mol. The Balaban J connectivity index is 1.96. The van der Waals surface area contributed by atoms with Crippen LogP contribution in [0.25, 0.3) is 11.0 Å². The standard InChI is InChI=1S/C16H22N4O3/c1-16(2,3)23-15(22)20-12(14(17)21)8-9-13-18-10-6-4-5-7-11(10)19-13/h4-7,12H,8-9H2,1-3H3,(H2,17,21)(H,18,19)(H,20,22)/t12-/m0/s1. The Bertz CT molecular complexity index is 670. The van der Waals surface area contributed by atoms with Gasteiger partial charge in [-0.15, -0.1) is 0 Å². The number of ether oxygens (including phenoxy) is 1. The fourth-order valence-corrected chi connectivity index (χ4v) is 2.14. The van der Waals surface area contributed by atoms with Crippen LogP contribution in [0.3, 0.4) is 0 Å². The molecular weight excluding hydrogens is 296 g/mol. The lowest BCUT2D eigenvalue weighted by molar-refractivity contribution is -0.120. The number of carbonyl (C=O) groups is 2. The first-order chi connectivity index (χ1) is 10.7. The number of nitrogens with one attached hydrogen (secondary N) is 2. The minimum atomic E-state index is -0.807. The van der Waals surface area contributed by atoms with Gasteiger partial charge in [0.2, 0.25) is 5.91 Å². The molecule has 0 aliphatic carbocycles. The Hall–Kier alpha value is -2.57. The topological polar surface area (TPSA) is 110 Å². The number of primary amides is 1. The van der Waals surface area contributed by atoms with E-state index in [4.69, 9.17) is 10.5 Å². The van der Waals surface area contributed by atoms with Crippen molar-refractivity contribution < 1.29 is 14.3 Å². The summed E-state index contributed by atoms with van der Waals surface area (Å²) in [7, 11) is 0. The number of aromatic nitrogens is 2. The molecule has 1 aromatic carbocycles. The molecule has 23 heavy (non-hydrogen) atoms. The smallest absolute Gasteiger partial charge is 0.408 e. The van der Waals surface area contributed by atoms with Crippen LogP contribution >= 0.6 is 0 Å². The van der Waals surface area contributed by atoms with E-state index in [0.717, 1.165) is 16.9 Å². The van der Waals surface area contributed by atoms with Gasteiger partial charge < -0.3 is 20.8 Å². The zero-order chi connectivity index (χ0) is 17.0. The van der Waals surface area contributed by atoms with Gasteiger partial charge in [0, 0.05) is 6.42 Å². The average Bonchev–Trinajstić information content (AvgIpc) is 2.83. The van der Waals surface area contributed by atoms with Gasteiger partial charge in [-0.2, -0.15) is 0 Å². The predicted octanol–water partition coefficient (Wildman–Crippen LogP) is 1.87. The van der Waals surface area contributed by atoms with Crippen LogP contribution in [0.1, 0.15) is 33.0 Å². The number of hydrogen-bond acceptors (Lipinski definition) is 4. The molecule has 0 fully saturated rings.